The lowest BCUT2D eigenvalue weighted by molar-refractivity contribution is 0.900. The van der Waals surface area contributed by atoms with Crippen molar-refractivity contribution in [3.8, 4) is 0 Å². The van der Waals surface area contributed by atoms with Crippen LogP contribution >= 0.6 is 34.9 Å². The first-order valence-electron chi connectivity index (χ1n) is 4.57. The van der Waals surface area contributed by atoms with E-state index < -0.39 is 0 Å². The van der Waals surface area contributed by atoms with Crippen LogP contribution in [0.25, 0.3) is 0 Å². The number of nitrogens with zero attached hydrogens (tertiary/aromatic N) is 4. The fourth-order valence-electron chi connectivity index (χ4n) is 1.17. The molecule has 0 fully saturated rings. The van der Waals surface area contributed by atoms with Gasteiger partial charge in [0.25, 0.3) is 0 Å². The van der Waals surface area contributed by atoms with Crippen molar-refractivity contribution in [3.63, 3.8) is 0 Å². The summed E-state index contributed by atoms with van der Waals surface area (Å²) in [6.45, 7) is 3.91. The van der Waals surface area contributed by atoms with Crippen LogP contribution in [0.3, 0.4) is 0 Å². The topological polar surface area (TPSA) is 51.6 Å². The molecule has 2 aromatic rings. The Morgan fingerprint density at radius 2 is 2.00 bits per heavy atom. The molecule has 0 N–H and O–H groups in total. The minimum absolute atomic E-state index is 0.636. The Bertz CT molecular complexity index is 480. The van der Waals surface area contributed by atoms with Gasteiger partial charge in [-0.2, -0.15) is 0 Å². The van der Waals surface area contributed by atoms with Gasteiger partial charge in [-0.15, -0.1) is 5.10 Å². The smallest absolute Gasteiger partial charge is 0.188 e. The van der Waals surface area contributed by atoms with Crippen LogP contribution in [0.4, 0.5) is 0 Å². The van der Waals surface area contributed by atoms with E-state index in [0.29, 0.717) is 10.1 Å². The molecule has 0 unspecified atom stereocenters. The predicted molar refractivity (Wildman–Crippen MR) is 66.0 cm³/mol. The zero-order chi connectivity index (χ0) is 11.5. The van der Waals surface area contributed by atoms with E-state index in [2.05, 4.69) is 19.6 Å². The Labute approximate surface area is 107 Å². The lowest BCUT2D eigenvalue weighted by Gasteiger charge is -2.01. The number of aryl methyl sites for hydroxylation is 2. The van der Waals surface area contributed by atoms with Crippen molar-refractivity contribution < 1.29 is 0 Å². The number of thioether (sulfide) groups is 1. The van der Waals surface area contributed by atoms with Crippen molar-refractivity contribution in [1.29, 1.82) is 0 Å². The molecule has 0 saturated heterocycles. The van der Waals surface area contributed by atoms with Crippen LogP contribution < -0.4 is 0 Å². The lowest BCUT2D eigenvalue weighted by Crippen LogP contribution is -1.93. The number of rotatable bonds is 3. The second kappa shape index (κ2) is 5.07. The average Bonchev–Trinajstić information content (AvgIpc) is 2.59. The van der Waals surface area contributed by atoms with Crippen LogP contribution in [0.1, 0.15) is 17.1 Å². The highest BCUT2D eigenvalue weighted by molar-refractivity contribution is 7.98. The van der Waals surface area contributed by atoms with E-state index in [1.165, 1.54) is 23.3 Å². The Hall–Kier alpha value is -0.720. The summed E-state index contributed by atoms with van der Waals surface area (Å²) in [5, 5.41) is 4.69. The van der Waals surface area contributed by atoms with Gasteiger partial charge in [-0.25, -0.2) is 9.97 Å². The van der Waals surface area contributed by atoms with Crippen LogP contribution in [0.5, 0.6) is 0 Å². The van der Waals surface area contributed by atoms with Crippen molar-refractivity contribution >= 4 is 34.9 Å². The second-order valence-electron chi connectivity index (χ2n) is 3.22. The zero-order valence-electron chi connectivity index (χ0n) is 8.77. The number of halogens is 1. The molecular weight excluding hydrogens is 264 g/mol. The summed E-state index contributed by atoms with van der Waals surface area (Å²) in [6, 6.07) is 1.95. The molecule has 0 aliphatic heterocycles. The maximum atomic E-state index is 5.91. The monoisotopic (exact) mass is 272 g/mol. The molecule has 0 saturated carbocycles. The number of hydrogen-bond donors (Lipinski definition) is 0. The summed E-state index contributed by atoms with van der Waals surface area (Å²) in [6.07, 6.45) is 0. The van der Waals surface area contributed by atoms with E-state index >= 15 is 0 Å². The van der Waals surface area contributed by atoms with Gasteiger partial charge in [-0.1, -0.05) is 27.9 Å². The van der Waals surface area contributed by atoms with Gasteiger partial charge >= 0.3 is 0 Å². The van der Waals surface area contributed by atoms with Crippen molar-refractivity contribution in [3.05, 3.63) is 27.5 Å². The van der Waals surface area contributed by atoms with Crippen LogP contribution in [-0.2, 0) is 5.75 Å². The molecule has 0 aromatic carbocycles. The Balaban J connectivity index is 2.07. The molecule has 7 heteroatoms. The molecule has 0 spiro atoms. The van der Waals surface area contributed by atoms with Crippen LogP contribution in [0, 0.1) is 13.8 Å². The summed E-state index contributed by atoms with van der Waals surface area (Å²) >= 11 is 8.62. The first-order valence-corrected chi connectivity index (χ1v) is 6.70. The molecular formula is C9H9ClN4S2. The fourth-order valence-corrected chi connectivity index (χ4v) is 2.86. The molecule has 0 aliphatic carbocycles. The first-order chi connectivity index (χ1) is 7.65. The van der Waals surface area contributed by atoms with Gasteiger partial charge in [0.05, 0.1) is 0 Å². The maximum absolute atomic E-state index is 5.91. The number of aromatic nitrogens is 4. The molecule has 2 aromatic heterocycles. The molecule has 2 rings (SSSR count). The van der Waals surface area contributed by atoms with E-state index in [-0.39, 0.29) is 0 Å². The third-order valence-corrected chi connectivity index (χ3v) is 3.65. The second-order valence-corrected chi connectivity index (χ2v) is 5.51. The largest absolute Gasteiger partial charge is 0.228 e. The van der Waals surface area contributed by atoms with Gasteiger partial charge in [0.15, 0.2) is 5.16 Å². The van der Waals surface area contributed by atoms with Gasteiger partial charge in [-0.3, -0.25) is 0 Å². The summed E-state index contributed by atoms with van der Waals surface area (Å²) in [7, 11) is 0. The van der Waals surface area contributed by atoms with Crippen LogP contribution in [0.2, 0.25) is 4.34 Å². The van der Waals surface area contributed by atoms with Crippen LogP contribution in [-0.4, -0.2) is 19.6 Å². The maximum Gasteiger partial charge on any atom is 0.188 e. The van der Waals surface area contributed by atoms with Gasteiger partial charge in [0.1, 0.15) is 10.0 Å². The van der Waals surface area contributed by atoms with Crippen molar-refractivity contribution in [2.24, 2.45) is 0 Å². The molecule has 16 heavy (non-hydrogen) atoms. The zero-order valence-corrected chi connectivity index (χ0v) is 11.2. The lowest BCUT2D eigenvalue weighted by atomic mass is 10.4. The average molecular weight is 273 g/mol. The van der Waals surface area contributed by atoms with E-state index in [1.54, 1.807) is 0 Å². The predicted octanol–water partition coefficient (Wildman–Crippen LogP) is 2.89. The van der Waals surface area contributed by atoms with Crippen molar-refractivity contribution in [2.75, 3.05) is 0 Å². The Morgan fingerprint density at radius 1 is 1.31 bits per heavy atom. The highest BCUT2D eigenvalue weighted by Crippen LogP contribution is 2.25. The Morgan fingerprint density at radius 3 is 2.56 bits per heavy atom. The molecule has 0 aliphatic rings. The summed E-state index contributed by atoms with van der Waals surface area (Å²) < 4.78 is 4.41. The Kier molecular flexibility index (Phi) is 3.73. The molecule has 0 radical (unpaired) electrons. The van der Waals surface area contributed by atoms with E-state index in [1.807, 2.05) is 19.9 Å². The molecule has 84 valence electrons. The van der Waals surface area contributed by atoms with Crippen molar-refractivity contribution in [2.45, 2.75) is 24.8 Å². The van der Waals surface area contributed by atoms with Crippen LogP contribution in [0.15, 0.2) is 11.2 Å². The molecule has 4 nitrogen and oxygen atoms in total. The summed E-state index contributed by atoms with van der Waals surface area (Å²) in [5.41, 5.74) is 2.73. The highest BCUT2D eigenvalue weighted by Gasteiger charge is 2.07. The van der Waals surface area contributed by atoms with E-state index in [4.69, 9.17) is 11.6 Å². The normalized spacial score (nSPS) is 10.7. The van der Waals surface area contributed by atoms with Gasteiger partial charge in [0, 0.05) is 28.7 Å². The third kappa shape index (κ3) is 2.90. The fraction of sp³-hybridized carbons (Fsp3) is 0.333. The summed E-state index contributed by atoms with van der Waals surface area (Å²) in [4.78, 5) is 8.65. The first kappa shape index (κ1) is 11.8. The highest BCUT2D eigenvalue weighted by atomic mass is 35.5. The molecule has 0 atom stereocenters. The SMILES string of the molecule is Cc1cc(C)nc(SCc2nnsc2Cl)n1. The summed E-state index contributed by atoms with van der Waals surface area (Å²) in [5.74, 6) is 0.651. The molecule has 0 amide bonds. The van der Waals surface area contributed by atoms with E-state index in [0.717, 1.165) is 22.2 Å². The van der Waals surface area contributed by atoms with Gasteiger partial charge in [-0.05, 0) is 19.9 Å². The van der Waals surface area contributed by atoms with E-state index in [9.17, 15) is 0 Å². The quantitative estimate of drug-likeness (QED) is 0.635. The molecule has 0 bridgehead atoms. The number of hydrogen-bond acceptors (Lipinski definition) is 6. The van der Waals surface area contributed by atoms with Crippen molar-refractivity contribution in [1.82, 2.24) is 19.6 Å². The van der Waals surface area contributed by atoms with Gasteiger partial charge < -0.3 is 0 Å². The third-order valence-electron chi connectivity index (χ3n) is 1.81. The molecule has 2 heterocycles. The minimum Gasteiger partial charge on any atom is -0.228 e. The van der Waals surface area contributed by atoms with Gasteiger partial charge in [0.2, 0.25) is 0 Å². The minimum atomic E-state index is 0.636. The standard InChI is InChI=1S/C9H9ClN4S2/c1-5-3-6(2)12-9(11-5)15-4-7-8(10)16-14-13-7/h3H,4H2,1-2H3.